The van der Waals surface area contributed by atoms with Gasteiger partial charge < -0.3 is 25.5 Å². The third-order valence-corrected chi connectivity index (χ3v) is 8.81. The van der Waals surface area contributed by atoms with Crippen molar-refractivity contribution in [3.8, 4) is 0 Å². The van der Waals surface area contributed by atoms with E-state index in [1.54, 1.807) is 6.07 Å². The third kappa shape index (κ3) is 6.37. The molecule has 2 amide bonds. The Morgan fingerprint density at radius 1 is 1.06 bits per heavy atom. The summed E-state index contributed by atoms with van der Waals surface area (Å²) in [4.78, 5) is 43.7. The van der Waals surface area contributed by atoms with Crippen LogP contribution in [0.25, 0.3) is 6.08 Å². The zero-order chi connectivity index (χ0) is 33.3. The molecule has 0 aromatic heterocycles. The van der Waals surface area contributed by atoms with Gasteiger partial charge in [-0.25, -0.2) is 19.7 Å². The molecule has 47 heavy (non-hydrogen) atoms. The predicted octanol–water partition coefficient (Wildman–Crippen LogP) is 3.92. The maximum absolute atomic E-state index is 15.4. The minimum atomic E-state index is -1.09. The van der Waals surface area contributed by atoms with Crippen molar-refractivity contribution < 1.29 is 23.9 Å². The normalized spacial score (nSPS) is 18.6. The summed E-state index contributed by atoms with van der Waals surface area (Å²) < 4.78 is 15.4. The molecule has 0 saturated carbocycles. The zero-order valence-corrected chi connectivity index (χ0v) is 26.5. The lowest BCUT2D eigenvalue weighted by Gasteiger charge is -2.48. The molecule has 3 aliphatic heterocycles. The predicted molar refractivity (Wildman–Crippen MR) is 179 cm³/mol. The number of amides is 2. The largest absolute Gasteiger partial charge is 0.478 e. The van der Waals surface area contributed by atoms with Gasteiger partial charge in [0.15, 0.2) is 5.82 Å². The summed E-state index contributed by atoms with van der Waals surface area (Å²) >= 11 is 6.12. The van der Waals surface area contributed by atoms with Crippen LogP contribution in [0.1, 0.15) is 46.9 Å². The highest BCUT2D eigenvalue weighted by atomic mass is 35.5. The Bertz CT molecular complexity index is 1770. The van der Waals surface area contributed by atoms with Gasteiger partial charge >= 0.3 is 5.97 Å². The van der Waals surface area contributed by atoms with Crippen molar-refractivity contribution in [3.05, 3.63) is 93.8 Å². The molecular formula is C33H34ClFN8O4. The number of carbonyl (C=O) groups is 3. The van der Waals surface area contributed by atoms with Gasteiger partial charge in [-0.05, 0) is 79.9 Å². The highest BCUT2D eigenvalue weighted by Crippen LogP contribution is 2.43. The van der Waals surface area contributed by atoms with Gasteiger partial charge in [0.25, 0.3) is 5.91 Å². The highest BCUT2D eigenvalue weighted by Gasteiger charge is 2.46. The fourth-order valence-corrected chi connectivity index (χ4v) is 6.49. The van der Waals surface area contributed by atoms with Crippen molar-refractivity contribution in [2.24, 2.45) is 5.10 Å². The summed E-state index contributed by atoms with van der Waals surface area (Å²) in [6.07, 6.45) is 4.46. The van der Waals surface area contributed by atoms with E-state index in [4.69, 9.17) is 11.6 Å². The second kappa shape index (κ2) is 13.0. The van der Waals surface area contributed by atoms with Gasteiger partial charge in [-0.2, -0.15) is 5.10 Å². The number of hydrogen-bond acceptors (Lipinski definition) is 9. The van der Waals surface area contributed by atoms with Crippen LogP contribution in [-0.2, 0) is 16.0 Å². The molecule has 14 heteroatoms. The third-order valence-electron chi connectivity index (χ3n) is 8.51. The summed E-state index contributed by atoms with van der Waals surface area (Å²) in [5, 5.41) is 20.8. The van der Waals surface area contributed by atoms with Gasteiger partial charge in [-0.3, -0.25) is 9.59 Å². The summed E-state index contributed by atoms with van der Waals surface area (Å²) in [5.41, 5.74) is 7.98. The van der Waals surface area contributed by atoms with Crippen LogP contribution in [0.15, 0.2) is 65.8 Å². The number of anilines is 3. The van der Waals surface area contributed by atoms with E-state index in [2.05, 4.69) is 31.7 Å². The number of benzene rings is 3. The molecule has 3 aromatic rings. The average molecular weight is 661 g/mol. The molecule has 0 aliphatic carbocycles. The number of piperazine rings is 1. The Morgan fingerprint density at radius 3 is 2.49 bits per heavy atom. The van der Waals surface area contributed by atoms with E-state index in [1.165, 1.54) is 58.7 Å². The molecule has 12 nitrogen and oxygen atoms in total. The van der Waals surface area contributed by atoms with Gasteiger partial charge in [0.1, 0.15) is 12.4 Å². The van der Waals surface area contributed by atoms with Gasteiger partial charge in [0.2, 0.25) is 5.91 Å². The Kier molecular flexibility index (Phi) is 8.86. The van der Waals surface area contributed by atoms with Crippen LogP contribution in [0.2, 0.25) is 5.02 Å². The monoisotopic (exact) mass is 660 g/mol. The topological polar surface area (TPSA) is 142 Å². The number of hydrazine groups is 2. The van der Waals surface area contributed by atoms with E-state index in [-0.39, 0.29) is 16.1 Å². The van der Waals surface area contributed by atoms with E-state index in [0.29, 0.717) is 23.4 Å². The van der Waals surface area contributed by atoms with Crippen molar-refractivity contribution in [2.75, 3.05) is 41.4 Å². The van der Waals surface area contributed by atoms with Gasteiger partial charge in [-0.1, -0.05) is 23.7 Å². The van der Waals surface area contributed by atoms with E-state index >= 15 is 4.39 Å². The number of halogens is 2. The number of aromatic carboxylic acids is 1. The van der Waals surface area contributed by atoms with Gasteiger partial charge in [0, 0.05) is 54.7 Å². The van der Waals surface area contributed by atoms with Crippen LogP contribution in [0, 0.1) is 5.82 Å². The first-order valence-electron chi connectivity index (χ1n) is 15.1. The average Bonchev–Trinajstić information content (AvgIpc) is 3.59. The number of carboxylic acid groups (broad SMARTS) is 1. The van der Waals surface area contributed by atoms with Crippen LogP contribution in [0.5, 0.6) is 0 Å². The standard InChI is InChI=1S/C33H34ClFN8O4/c1-33(2)18-24-22(4-3-5-26(24)41-16-14-36-15-17-41)30(31(45)38-21-8-6-20(7-9-21)32(46)47)43(33)28(44)13-10-23-27(42-19-37-39-40-42)12-11-25(34)29(23)35/h3-13,19,30,36,39-40H,14-18H2,1-2H3,(H,38,45)(H,46,47)/b13-10+/t30-/m1/s1. The van der Waals surface area contributed by atoms with Crippen LogP contribution < -0.4 is 31.6 Å². The highest BCUT2D eigenvalue weighted by molar-refractivity contribution is 6.31. The van der Waals surface area contributed by atoms with Crippen molar-refractivity contribution in [2.45, 2.75) is 31.8 Å². The minimum absolute atomic E-state index is 0.0456. The Balaban J connectivity index is 1.41. The molecule has 0 unspecified atom stereocenters. The molecule has 0 radical (unpaired) electrons. The Labute approximate surface area is 275 Å². The Hall–Kier alpha value is -4.98. The number of nitrogens with zero attached hydrogens (tertiary/aromatic N) is 4. The number of hydrazone groups is 1. The van der Waals surface area contributed by atoms with Crippen LogP contribution >= 0.6 is 11.6 Å². The summed E-state index contributed by atoms with van der Waals surface area (Å²) in [6.45, 7) is 7.06. The van der Waals surface area contributed by atoms with Crippen molar-refractivity contribution in [3.63, 3.8) is 0 Å². The molecule has 0 spiro atoms. The SMILES string of the molecule is CC1(C)Cc2c(cccc2N2CCNCC2)[C@H](C(=O)Nc2ccc(C(=O)O)cc2)N1C(=O)/C=C/c1c(N2C=NNN2)ccc(Cl)c1F. The van der Waals surface area contributed by atoms with Crippen molar-refractivity contribution in [1.29, 1.82) is 0 Å². The summed E-state index contributed by atoms with van der Waals surface area (Å²) in [5.74, 6) is -2.79. The maximum atomic E-state index is 15.4. The quantitative estimate of drug-likeness (QED) is 0.239. The smallest absolute Gasteiger partial charge is 0.335 e. The number of nitrogens with one attached hydrogen (secondary N) is 4. The summed E-state index contributed by atoms with van der Waals surface area (Å²) in [7, 11) is 0. The molecule has 6 rings (SSSR count). The molecule has 5 N–H and O–H groups in total. The van der Waals surface area contributed by atoms with E-state index < -0.39 is 35.2 Å². The lowest BCUT2D eigenvalue weighted by molar-refractivity contribution is -0.142. The molecule has 3 aromatic carbocycles. The second-order valence-corrected chi connectivity index (χ2v) is 12.4. The number of carboxylic acids is 1. The van der Waals surface area contributed by atoms with E-state index in [1.807, 2.05) is 32.0 Å². The molecule has 1 saturated heterocycles. The lowest BCUT2D eigenvalue weighted by Crippen LogP contribution is -2.56. The molecule has 0 bridgehead atoms. The van der Waals surface area contributed by atoms with Crippen molar-refractivity contribution >= 4 is 58.9 Å². The molecule has 3 heterocycles. The Morgan fingerprint density at radius 2 is 1.81 bits per heavy atom. The number of rotatable bonds is 7. The maximum Gasteiger partial charge on any atom is 0.335 e. The minimum Gasteiger partial charge on any atom is -0.478 e. The molecular weight excluding hydrogens is 627 g/mol. The van der Waals surface area contributed by atoms with Crippen LogP contribution in [0.4, 0.5) is 21.5 Å². The molecule has 3 aliphatic rings. The first-order chi connectivity index (χ1) is 22.5. The van der Waals surface area contributed by atoms with Crippen LogP contribution in [0.3, 0.4) is 0 Å². The van der Waals surface area contributed by atoms with Gasteiger partial charge in [0.05, 0.1) is 16.3 Å². The number of carbonyl (C=O) groups excluding carboxylic acids is 2. The second-order valence-electron chi connectivity index (χ2n) is 12.0. The lowest BCUT2D eigenvalue weighted by atomic mass is 9.79. The molecule has 1 fully saturated rings. The zero-order valence-electron chi connectivity index (χ0n) is 25.8. The van der Waals surface area contributed by atoms with Crippen molar-refractivity contribution in [1.82, 2.24) is 21.3 Å². The first kappa shape index (κ1) is 32.0. The summed E-state index contributed by atoms with van der Waals surface area (Å²) in [6, 6.07) is 13.5. The van der Waals surface area contributed by atoms with Crippen LogP contribution in [-0.4, -0.2) is 65.8 Å². The fraction of sp³-hybridized carbons (Fsp3) is 0.273. The molecule has 1 atom stereocenters. The van der Waals surface area contributed by atoms with E-state index in [0.717, 1.165) is 37.4 Å². The van der Waals surface area contributed by atoms with Gasteiger partial charge in [-0.15, -0.1) is 5.53 Å². The number of fused-ring (bicyclic) bond motifs is 1. The molecule has 244 valence electrons. The number of hydrogen-bond donors (Lipinski definition) is 5. The first-order valence-corrected chi connectivity index (χ1v) is 15.5. The van der Waals surface area contributed by atoms with E-state index in [9.17, 15) is 19.5 Å². The fourth-order valence-electron chi connectivity index (χ4n) is 6.32.